The molecule has 0 aromatic rings. The maximum Gasteiger partial charge on any atom is 1.00 e. The number of rotatable bonds is 1. The minimum atomic E-state index is -0.545. The van der Waals surface area contributed by atoms with Crippen molar-refractivity contribution in [2.45, 2.75) is 20.3 Å². The molecule has 0 spiro atoms. The normalized spacial score (nSPS) is 7.33. The van der Waals surface area contributed by atoms with Crippen molar-refractivity contribution in [3.63, 3.8) is 0 Å². The van der Waals surface area contributed by atoms with E-state index in [4.69, 9.17) is 0 Å². The number of hydrogen-bond donors (Lipinski definition) is 0. The summed E-state index contributed by atoms with van der Waals surface area (Å²) in [5.74, 6) is -1.02. The third-order valence-electron chi connectivity index (χ3n) is 0.546. The van der Waals surface area contributed by atoms with Crippen LogP contribution < -0.4 is 29.6 Å². The maximum absolute atomic E-state index is 10.2. The third kappa shape index (κ3) is 8.14. The fourth-order valence-electron chi connectivity index (χ4n) is 0.232. The van der Waals surface area contributed by atoms with E-state index in [9.17, 15) is 9.59 Å². The van der Waals surface area contributed by atoms with Gasteiger partial charge in [0.2, 0.25) is 0 Å². The van der Waals surface area contributed by atoms with Crippen LogP contribution in [0.4, 0.5) is 0 Å². The smallest absolute Gasteiger partial charge is 1.00 e. The van der Waals surface area contributed by atoms with Gasteiger partial charge in [-0.3, -0.25) is 9.59 Å². The van der Waals surface area contributed by atoms with E-state index in [0.717, 1.165) is 0 Å². The van der Waals surface area contributed by atoms with Gasteiger partial charge >= 0.3 is 41.5 Å². The van der Waals surface area contributed by atoms with E-state index in [1.54, 1.807) is 6.92 Å². The van der Waals surface area contributed by atoms with Crippen LogP contribution in [-0.4, -0.2) is 11.9 Å². The molecule has 0 heterocycles. The van der Waals surface area contributed by atoms with Crippen LogP contribution in [0.15, 0.2) is 0 Å². The Morgan fingerprint density at radius 2 is 2.00 bits per heavy atom. The summed E-state index contributed by atoms with van der Waals surface area (Å²) >= 11 is 0. The number of esters is 2. The zero-order valence-corrected chi connectivity index (χ0v) is 7.93. The molecule has 0 N–H and O–H groups in total. The Kier molecular flexibility index (Phi) is 8.27. The molecule has 0 aromatic heterocycles. The molecule has 0 radical (unpaired) electrons. The second-order valence-corrected chi connectivity index (χ2v) is 1.32. The van der Waals surface area contributed by atoms with E-state index in [-0.39, 0.29) is 37.4 Å². The summed E-state index contributed by atoms with van der Waals surface area (Å²) in [6.07, 6.45) is 0.250. The van der Waals surface area contributed by atoms with Gasteiger partial charge in [-0.25, -0.2) is 0 Å². The molecule has 48 valence electrons. The Labute approximate surface area is 77.5 Å². The number of ether oxygens (including phenoxy) is 1. The molecule has 0 aliphatic heterocycles. The van der Waals surface area contributed by atoms with E-state index < -0.39 is 11.9 Å². The fraction of sp³-hybridized carbons (Fsp3) is 0.600. The molecule has 0 amide bonds. The maximum atomic E-state index is 10.2. The summed E-state index contributed by atoms with van der Waals surface area (Å²) in [6.45, 7) is 2.83. The number of carbonyl (C=O) groups is 2. The van der Waals surface area contributed by atoms with E-state index in [0.29, 0.717) is 0 Å². The van der Waals surface area contributed by atoms with Crippen molar-refractivity contribution in [1.82, 2.24) is 0 Å². The molecule has 0 bridgehead atoms. The molecule has 0 aliphatic carbocycles. The molecule has 0 unspecified atom stereocenters. The van der Waals surface area contributed by atoms with Crippen molar-refractivity contribution in [2.24, 2.45) is 0 Å². The number of carbonyl (C=O) groups excluding carboxylic acids is 2. The Morgan fingerprint density at radius 3 is 2.11 bits per heavy atom. The van der Waals surface area contributed by atoms with Crippen LogP contribution in [0.3, 0.4) is 0 Å². The van der Waals surface area contributed by atoms with Crippen molar-refractivity contribution < 1.29 is 45.3 Å². The summed E-state index contributed by atoms with van der Waals surface area (Å²) in [5.41, 5.74) is 0. The molecule has 0 rings (SSSR count). The van der Waals surface area contributed by atoms with Gasteiger partial charge in [0, 0.05) is 13.3 Å². The predicted octanol–water partition coefficient (Wildman–Crippen LogP) is -2.40. The first-order valence-corrected chi connectivity index (χ1v) is 2.38. The third-order valence-corrected chi connectivity index (χ3v) is 0.546. The molecule has 4 heteroatoms. The zero-order chi connectivity index (χ0) is 6.57. The SMILES string of the molecule is CCC(=O)OC(C)=O.[H-].[Na+]. The van der Waals surface area contributed by atoms with Crippen LogP contribution in [0, 0.1) is 0 Å². The van der Waals surface area contributed by atoms with Crippen molar-refractivity contribution in [1.29, 1.82) is 0 Å². The second-order valence-electron chi connectivity index (χ2n) is 1.32. The molecule has 3 nitrogen and oxygen atoms in total. The first-order chi connectivity index (χ1) is 3.66. The largest absolute Gasteiger partial charge is 1.00 e. The standard InChI is InChI=1S/C5H8O3.Na.H/c1-3-5(7)8-4(2)6;;/h3H2,1-2H3;;/q;+1;-1. The minimum Gasteiger partial charge on any atom is -1.00 e. The summed E-state index contributed by atoms with van der Waals surface area (Å²) in [6, 6.07) is 0. The average molecular weight is 140 g/mol. The topological polar surface area (TPSA) is 43.4 Å². The molecule has 9 heavy (non-hydrogen) atoms. The van der Waals surface area contributed by atoms with Gasteiger partial charge in [-0.15, -0.1) is 0 Å². The van der Waals surface area contributed by atoms with E-state index in [1.165, 1.54) is 6.92 Å². The molecule has 0 fully saturated rings. The van der Waals surface area contributed by atoms with Crippen LogP contribution in [-0.2, 0) is 14.3 Å². The molecular weight excluding hydrogens is 131 g/mol. The van der Waals surface area contributed by atoms with Gasteiger partial charge in [-0.05, 0) is 0 Å². The fourth-order valence-corrected chi connectivity index (χ4v) is 0.232. The van der Waals surface area contributed by atoms with Gasteiger partial charge in [-0.1, -0.05) is 6.92 Å². The van der Waals surface area contributed by atoms with Gasteiger partial charge in [0.15, 0.2) is 0 Å². The summed E-state index contributed by atoms with van der Waals surface area (Å²) < 4.78 is 4.12. The molecule has 0 aliphatic rings. The van der Waals surface area contributed by atoms with Gasteiger partial charge in [0.1, 0.15) is 0 Å². The minimum absolute atomic E-state index is 0. The van der Waals surface area contributed by atoms with E-state index in [2.05, 4.69) is 4.74 Å². The van der Waals surface area contributed by atoms with Crippen LogP contribution >= 0.6 is 0 Å². The van der Waals surface area contributed by atoms with Crippen LogP contribution in [0.25, 0.3) is 0 Å². The van der Waals surface area contributed by atoms with E-state index >= 15 is 0 Å². The Hall–Kier alpha value is 0.140. The second kappa shape index (κ2) is 6.26. The van der Waals surface area contributed by atoms with Crippen LogP contribution in [0.2, 0.25) is 0 Å². The summed E-state index contributed by atoms with van der Waals surface area (Å²) in [4.78, 5) is 20.1. The zero-order valence-electron chi connectivity index (χ0n) is 6.93. The average Bonchev–Trinajstić information content (AvgIpc) is 1.65. The molecule has 0 atom stereocenters. The Morgan fingerprint density at radius 1 is 1.56 bits per heavy atom. The van der Waals surface area contributed by atoms with Crippen molar-refractivity contribution in [3.8, 4) is 0 Å². The van der Waals surface area contributed by atoms with Crippen LogP contribution in [0.5, 0.6) is 0 Å². The summed E-state index contributed by atoms with van der Waals surface area (Å²) in [7, 11) is 0. The van der Waals surface area contributed by atoms with Crippen molar-refractivity contribution in [3.05, 3.63) is 0 Å². The Bertz CT molecular complexity index is 115. The molecule has 0 saturated heterocycles. The van der Waals surface area contributed by atoms with E-state index in [1.807, 2.05) is 0 Å². The van der Waals surface area contributed by atoms with Gasteiger partial charge < -0.3 is 6.16 Å². The summed E-state index contributed by atoms with van der Waals surface area (Å²) in [5, 5.41) is 0. The van der Waals surface area contributed by atoms with Gasteiger partial charge in [0.25, 0.3) is 0 Å². The number of hydrogen-bond acceptors (Lipinski definition) is 3. The molecule has 0 saturated carbocycles. The monoisotopic (exact) mass is 140 g/mol. The predicted molar refractivity (Wildman–Crippen MR) is 28.2 cm³/mol. The van der Waals surface area contributed by atoms with Crippen molar-refractivity contribution in [2.75, 3.05) is 0 Å². The molecule has 0 aromatic carbocycles. The van der Waals surface area contributed by atoms with Gasteiger partial charge in [0.05, 0.1) is 0 Å². The Balaban J connectivity index is -0.000000245. The molecular formula is C5H9NaO3. The first kappa shape index (κ1) is 11.9. The van der Waals surface area contributed by atoms with Crippen molar-refractivity contribution >= 4 is 11.9 Å². The quantitative estimate of drug-likeness (QED) is 0.232. The van der Waals surface area contributed by atoms with Crippen LogP contribution in [0.1, 0.15) is 21.7 Å². The van der Waals surface area contributed by atoms with Gasteiger partial charge in [-0.2, -0.15) is 0 Å². The first-order valence-electron chi connectivity index (χ1n) is 2.38.